The Balaban J connectivity index is 1.02. The van der Waals surface area contributed by atoms with Crippen molar-refractivity contribution in [2.24, 2.45) is 0 Å². The summed E-state index contributed by atoms with van der Waals surface area (Å²) in [7, 11) is 0. The van der Waals surface area contributed by atoms with Crippen LogP contribution in [0.15, 0.2) is 174 Å². The molecular weight excluding hydrogens is 707 g/mol. The van der Waals surface area contributed by atoms with Gasteiger partial charge in [-0.15, -0.1) is 6.42 Å². The maximum absolute atomic E-state index is 6.32. The quantitative estimate of drug-likeness (QED) is 0.133. The van der Waals surface area contributed by atoms with Crippen LogP contribution in [-0.4, -0.2) is 14.1 Å². The van der Waals surface area contributed by atoms with Crippen molar-refractivity contribution in [3.63, 3.8) is 0 Å². The van der Waals surface area contributed by atoms with E-state index < -0.39 is 0 Å². The van der Waals surface area contributed by atoms with Crippen LogP contribution in [0.4, 0.5) is 0 Å². The number of terminal acetylenes is 1. The zero-order valence-electron chi connectivity index (χ0n) is 31.6. The minimum atomic E-state index is 0.867. The average molecular weight is 740 g/mol. The summed E-state index contributed by atoms with van der Waals surface area (Å²) in [5.74, 6) is 3.56. The van der Waals surface area contributed by atoms with Gasteiger partial charge < -0.3 is 8.98 Å². The van der Waals surface area contributed by atoms with Crippen molar-refractivity contribution in [1.29, 1.82) is 0 Å². The number of para-hydroxylation sites is 3. The van der Waals surface area contributed by atoms with Gasteiger partial charge in [-0.25, -0.2) is 4.98 Å². The lowest BCUT2D eigenvalue weighted by Crippen LogP contribution is -1.99. The van der Waals surface area contributed by atoms with E-state index >= 15 is 0 Å². The Labute approximate surface area is 333 Å². The zero-order chi connectivity index (χ0) is 38.5. The maximum atomic E-state index is 6.32. The first-order valence-corrected chi connectivity index (χ1v) is 19.6. The molecule has 0 atom stereocenters. The van der Waals surface area contributed by atoms with Crippen molar-refractivity contribution in [2.45, 2.75) is 6.92 Å². The molecule has 12 rings (SSSR count). The molecule has 4 heteroatoms. The molecule has 4 aromatic heterocycles. The first-order valence-electron chi connectivity index (χ1n) is 19.6. The Kier molecular flexibility index (Phi) is 6.88. The standard InChI is InChI=1S/C54H33N3O/c1-3-4-13-38-33(2)37-14-5-6-15-39(37)47-32-55-54(31-44(38)47)57-49-20-11-8-17-41(49)46-29-35(23-27-51(46)57)34-22-26-50-45(28-34)40-16-7-10-19-48(40)56(50)36-24-25-43-42-18-9-12-21-52(42)58-53(43)30-36/h1,4-32H,2H3/b13-4-. The second-order valence-electron chi connectivity index (χ2n) is 15.1. The van der Waals surface area contributed by atoms with E-state index in [1.54, 1.807) is 6.08 Å². The van der Waals surface area contributed by atoms with Gasteiger partial charge in [0.15, 0.2) is 0 Å². The largest absolute Gasteiger partial charge is 0.456 e. The fourth-order valence-corrected chi connectivity index (χ4v) is 9.43. The zero-order valence-corrected chi connectivity index (χ0v) is 31.6. The van der Waals surface area contributed by atoms with Crippen molar-refractivity contribution in [3.05, 3.63) is 181 Å². The van der Waals surface area contributed by atoms with E-state index in [1.165, 1.54) is 37.9 Å². The molecule has 4 nitrogen and oxygen atoms in total. The molecule has 0 saturated heterocycles. The number of aromatic nitrogens is 3. The number of allylic oxidation sites excluding steroid dienone is 1. The lowest BCUT2D eigenvalue weighted by Gasteiger charge is -2.14. The van der Waals surface area contributed by atoms with Crippen LogP contribution in [0.3, 0.4) is 0 Å². The molecule has 0 aliphatic carbocycles. The van der Waals surface area contributed by atoms with Crippen LogP contribution in [-0.2, 0) is 0 Å². The third-order valence-corrected chi connectivity index (χ3v) is 12.1. The number of benzene rings is 8. The molecule has 12 aromatic rings. The summed E-state index contributed by atoms with van der Waals surface area (Å²) in [6, 6.07) is 56.5. The molecule has 0 N–H and O–H groups in total. The number of aryl methyl sites for hydroxylation is 1. The number of hydrogen-bond donors (Lipinski definition) is 0. The third kappa shape index (κ3) is 4.62. The number of nitrogens with zero attached hydrogens (tertiary/aromatic N) is 3. The molecular formula is C54H33N3O. The van der Waals surface area contributed by atoms with Gasteiger partial charge in [0.2, 0.25) is 0 Å². The van der Waals surface area contributed by atoms with Gasteiger partial charge in [0.1, 0.15) is 17.0 Å². The molecule has 0 unspecified atom stereocenters. The SMILES string of the molecule is C#C/C=C\c1c(C)c2ccccc2c2cnc(-n3c4ccccc4c4cc(-c5ccc6c(c5)c5ccccc5n6-c5ccc6c(c5)oc5ccccc56)ccc43)cc12. The first kappa shape index (κ1) is 32.4. The lowest BCUT2D eigenvalue weighted by molar-refractivity contribution is 0.668. The highest BCUT2D eigenvalue weighted by atomic mass is 16.3. The molecule has 8 aromatic carbocycles. The van der Waals surface area contributed by atoms with Crippen LogP contribution < -0.4 is 0 Å². The van der Waals surface area contributed by atoms with Gasteiger partial charge in [0.05, 0.1) is 22.1 Å². The highest BCUT2D eigenvalue weighted by Crippen LogP contribution is 2.40. The summed E-state index contributed by atoms with van der Waals surface area (Å²) in [6.07, 6.45) is 11.6. The van der Waals surface area contributed by atoms with Gasteiger partial charge >= 0.3 is 0 Å². The van der Waals surface area contributed by atoms with Crippen LogP contribution in [0.2, 0.25) is 0 Å². The molecule has 0 radical (unpaired) electrons. The molecule has 0 amide bonds. The van der Waals surface area contributed by atoms with Gasteiger partial charge in [0, 0.05) is 55.7 Å². The Hall–Kier alpha value is -7.87. The van der Waals surface area contributed by atoms with Gasteiger partial charge in [-0.1, -0.05) is 96.9 Å². The summed E-state index contributed by atoms with van der Waals surface area (Å²) >= 11 is 0. The van der Waals surface area contributed by atoms with Crippen molar-refractivity contribution in [2.75, 3.05) is 0 Å². The fourth-order valence-electron chi connectivity index (χ4n) is 9.43. The maximum Gasteiger partial charge on any atom is 0.138 e. The van der Waals surface area contributed by atoms with Crippen LogP contribution in [0.5, 0.6) is 0 Å². The van der Waals surface area contributed by atoms with Crippen LogP contribution in [0.1, 0.15) is 11.1 Å². The molecule has 58 heavy (non-hydrogen) atoms. The van der Waals surface area contributed by atoms with Gasteiger partial charge in [-0.2, -0.15) is 0 Å². The Morgan fingerprint density at radius 2 is 1.09 bits per heavy atom. The number of rotatable bonds is 4. The highest BCUT2D eigenvalue weighted by molar-refractivity contribution is 6.15. The van der Waals surface area contributed by atoms with Crippen molar-refractivity contribution in [3.8, 4) is 35.0 Å². The minimum Gasteiger partial charge on any atom is -0.456 e. The molecule has 0 bridgehead atoms. The Morgan fingerprint density at radius 1 is 0.500 bits per heavy atom. The Morgan fingerprint density at radius 3 is 1.81 bits per heavy atom. The molecule has 270 valence electrons. The van der Waals surface area contributed by atoms with E-state index in [9.17, 15) is 0 Å². The molecule has 0 aliphatic rings. The fraction of sp³-hybridized carbons (Fsp3) is 0.0185. The van der Waals surface area contributed by atoms with E-state index in [2.05, 4.69) is 174 Å². The second-order valence-corrected chi connectivity index (χ2v) is 15.1. The van der Waals surface area contributed by atoms with Gasteiger partial charge in [-0.05, 0) is 118 Å². The van der Waals surface area contributed by atoms with Crippen molar-refractivity contribution < 1.29 is 4.42 Å². The lowest BCUT2D eigenvalue weighted by atomic mass is 9.93. The van der Waals surface area contributed by atoms with E-state index in [4.69, 9.17) is 15.8 Å². The van der Waals surface area contributed by atoms with E-state index in [1.807, 2.05) is 18.3 Å². The van der Waals surface area contributed by atoms with E-state index in [0.717, 1.165) is 83.0 Å². The van der Waals surface area contributed by atoms with Crippen LogP contribution in [0, 0.1) is 19.3 Å². The predicted octanol–water partition coefficient (Wildman–Crippen LogP) is 14.1. The highest BCUT2D eigenvalue weighted by Gasteiger charge is 2.19. The number of furan rings is 1. The minimum absolute atomic E-state index is 0.867. The predicted molar refractivity (Wildman–Crippen MR) is 243 cm³/mol. The molecule has 0 aliphatic heterocycles. The van der Waals surface area contributed by atoms with Crippen molar-refractivity contribution >= 4 is 93.2 Å². The molecule has 0 spiro atoms. The summed E-state index contributed by atoms with van der Waals surface area (Å²) in [5, 5.41) is 11.7. The summed E-state index contributed by atoms with van der Waals surface area (Å²) in [4.78, 5) is 5.14. The summed E-state index contributed by atoms with van der Waals surface area (Å²) in [6.45, 7) is 2.18. The third-order valence-electron chi connectivity index (χ3n) is 12.1. The van der Waals surface area contributed by atoms with Crippen molar-refractivity contribution in [1.82, 2.24) is 14.1 Å². The smallest absolute Gasteiger partial charge is 0.138 e. The molecule has 0 fully saturated rings. The first-order chi connectivity index (χ1) is 28.6. The van der Waals surface area contributed by atoms with Crippen LogP contribution >= 0.6 is 0 Å². The number of hydrogen-bond acceptors (Lipinski definition) is 2. The molecule has 4 heterocycles. The molecule has 0 saturated carbocycles. The van der Waals surface area contributed by atoms with Gasteiger partial charge in [-0.3, -0.25) is 4.57 Å². The number of fused-ring (bicyclic) bond motifs is 12. The monoisotopic (exact) mass is 739 g/mol. The Bertz CT molecular complexity index is 3770. The van der Waals surface area contributed by atoms with Gasteiger partial charge in [0.25, 0.3) is 0 Å². The van der Waals surface area contributed by atoms with E-state index in [0.29, 0.717) is 0 Å². The second kappa shape index (κ2) is 12.3. The topological polar surface area (TPSA) is 35.9 Å². The summed E-state index contributed by atoms with van der Waals surface area (Å²) < 4.78 is 11.0. The van der Waals surface area contributed by atoms with E-state index in [-0.39, 0.29) is 0 Å². The normalized spacial score (nSPS) is 12.1. The summed E-state index contributed by atoms with van der Waals surface area (Å²) in [5.41, 5.74) is 12.0. The average Bonchev–Trinajstić information content (AvgIpc) is 3.93. The van der Waals surface area contributed by atoms with Crippen LogP contribution in [0.25, 0.3) is 116 Å². The number of pyridine rings is 1.